The Balaban J connectivity index is 1.45. The highest BCUT2D eigenvalue weighted by Crippen LogP contribution is 2.39. The number of pyridine rings is 1. The number of aromatic nitrogens is 6. The van der Waals surface area contributed by atoms with E-state index in [9.17, 15) is 19.1 Å². The molecule has 0 unspecified atom stereocenters. The molecule has 0 saturated heterocycles. The number of carboxylic acids is 1. The summed E-state index contributed by atoms with van der Waals surface area (Å²) in [7, 11) is 0. The molecule has 0 bridgehead atoms. The van der Waals surface area contributed by atoms with Crippen molar-refractivity contribution in [2.75, 3.05) is 5.32 Å². The van der Waals surface area contributed by atoms with Gasteiger partial charge in [0.2, 0.25) is 11.9 Å². The van der Waals surface area contributed by atoms with Crippen LogP contribution in [0, 0.1) is 5.95 Å². The lowest BCUT2D eigenvalue weighted by Gasteiger charge is -2.18. The van der Waals surface area contributed by atoms with E-state index in [4.69, 9.17) is 0 Å². The number of halogens is 1. The Hall–Kier alpha value is -4.35. The molecule has 4 heterocycles. The number of H-pyrrole nitrogens is 1. The molecule has 34 heavy (non-hydrogen) atoms. The molecule has 4 aromatic rings. The zero-order valence-corrected chi connectivity index (χ0v) is 17.9. The Morgan fingerprint density at radius 3 is 2.85 bits per heavy atom. The number of amides is 1. The third-order valence-corrected chi connectivity index (χ3v) is 5.51. The molecule has 1 atom stereocenters. The number of fused-ring (bicyclic) bond motifs is 1. The fourth-order valence-corrected chi connectivity index (χ4v) is 3.59. The van der Waals surface area contributed by atoms with Crippen LogP contribution in [0.2, 0.25) is 0 Å². The summed E-state index contributed by atoms with van der Waals surface area (Å²) in [6, 6.07) is 7.07. The number of nitrogens with zero attached hydrogens (tertiary/aromatic N) is 5. The minimum Gasteiger partial charge on any atom is -0.481 e. The molecule has 12 heteroatoms. The summed E-state index contributed by atoms with van der Waals surface area (Å²) in [6.07, 6.45) is 5.00. The maximum atomic E-state index is 13.1. The van der Waals surface area contributed by atoms with Crippen molar-refractivity contribution in [1.82, 2.24) is 34.9 Å². The minimum absolute atomic E-state index is 0.0558. The van der Waals surface area contributed by atoms with Crippen LogP contribution in [0.15, 0.2) is 42.7 Å². The highest BCUT2D eigenvalue weighted by molar-refractivity contribution is 5.94. The van der Waals surface area contributed by atoms with Crippen LogP contribution in [-0.2, 0) is 4.79 Å². The van der Waals surface area contributed by atoms with Crippen molar-refractivity contribution >= 4 is 29.3 Å². The first kappa shape index (κ1) is 21.5. The maximum Gasteiger partial charge on any atom is 0.303 e. The summed E-state index contributed by atoms with van der Waals surface area (Å²) < 4.78 is 14.9. The van der Waals surface area contributed by atoms with Gasteiger partial charge in [0.25, 0.3) is 5.91 Å². The molecular formula is C22H21FN8O3. The smallest absolute Gasteiger partial charge is 0.303 e. The number of hydrogen-bond donors (Lipinski definition) is 4. The second-order valence-corrected chi connectivity index (χ2v) is 8.08. The van der Waals surface area contributed by atoms with E-state index in [0.717, 1.165) is 30.8 Å². The van der Waals surface area contributed by atoms with E-state index in [0.29, 0.717) is 23.3 Å². The average molecular weight is 464 g/mol. The molecule has 1 amide bonds. The van der Waals surface area contributed by atoms with Gasteiger partial charge in [0.1, 0.15) is 5.65 Å². The number of carboxylic acid groups (broad SMARTS) is 1. The molecule has 1 aliphatic rings. The number of nitrogens with one attached hydrogen (secondary N) is 3. The van der Waals surface area contributed by atoms with Crippen molar-refractivity contribution in [3.05, 3.63) is 65.8 Å². The summed E-state index contributed by atoms with van der Waals surface area (Å²) in [5, 5.41) is 22.5. The minimum atomic E-state index is -1.02. The van der Waals surface area contributed by atoms with Gasteiger partial charge in [-0.2, -0.15) is 14.5 Å². The summed E-state index contributed by atoms with van der Waals surface area (Å²) in [4.78, 5) is 36.6. The van der Waals surface area contributed by atoms with Gasteiger partial charge in [-0.25, -0.2) is 9.97 Å². The van der Waals surface area contributed by atoms with E-state index < -0.39 is 23.9 Å². The first-order valence-corrected chi connectivity index (χ1v) is 10.8. The molecular weight excluding hydrogens is 443 g/mol. The van der Waals surface area contributed by atoms with E-state index in [1.54, 1.807) is 22.7 Å². The normalized spacial score (nSPS) is 14.1. The SMILES string of the molecule is O=C(O)CC[C@H](NC(=O)c1ccc(F)nc1)c1nc(Nc2cc(C3CC3)[nH]n2)n2cccc2n1. The predicted molar refractivity (Wildman–Crippen MR) is 118 cm³/mol. The molecule has 0 spiro atoms. The third kappa shape index (κ3) is 4.70. The van der Waals surface area contributed by atoms with Gasteiger partial charge >= 0.3 is 5.97 Å². The molecule has 1 fully saturated rings. The number of carbonyl (C=O) groups excluding carboxylic acids is 1. The average Bonchev–Trinajstić information content (AvgIpc) is 3.36. The summed E-state index contributed by atoms with van der Waals surface area (Å²) in [5.74, 6) is -0.531. The Bertz CT molecular complexity index is 1350. The lowest BCUT2D eigenvalue weighted by atomic mass is 10.1. The standard InChI is InChI=1S/C22H21FN8O3/c23-16-7-5-13(11-24-16)21(34)25-14(6-8-19(32)33)20-27-18-2-1-9-31(18)22(28-20)26-17-10-15(29-30-17)12-3-4-12/h1-2,5,7,9-12,14H,3-4,6,8H2,(H,25,34)(H,32,33)(H2,26,27,28,29,30)/t14-/m0/s1. The zero-order chi connectivity index (χ0) is 23.7. The monoisotopic (exact) mass is 464 g/mol. The third-order valence-electron chi connectivity index (χ3n) is 5.51. The van der Waals surface area contributed by atoms with Crippen LogP contribution in [0.1, 0.15) is 59.5 Å². The fraction of sp³-hybridized carbons (Fsp3) is 0.273. The molecule has 0 radical (unpaired) electrons. The molecule has 0 aromatic carbocycles. The number of aromatic amines is 1. The first-order chi connectivity index (χ1) is 16.5. The van der Waals surface area contributed by atoms with Crippen molar-refractivity contribution in [3.63, 3.8) is 0 Å². The van der Waals surface area contributed by atoms with Crippen LogP contribution < -0.4 is 10.6 Å². The largest absolute Gasteiger partial charge is 0.481 e. The second-order valence-electron chi connectivity index (χ2n) is 8.08. The Labute approximate surface area is 192 Å². The lowest BCUT2D eigenvalue weighted by molar-refractivity contribution is -0.137. The van der Waals surface area contributed by atoms with Crippen molar-refractivity contribution in [3.8, 4) is 0 Å². The molecule has 174 valence electrons. The van der Waals surface area contributed by atoms with E-state index >= 15 is 0 Å². The molecule has 4 aromatic heterocycles. The topological polar surface area (TPSA) is 150 Å². The van der Waals surface area contributed by atoms with Crippen LogP contribution in [0.25, 0.3) is 5.65 Å². The zero-order valence-electron chi connectivity index (χ0n) is 17.9. The van der Waals surface area contributed by atoms with Crippen molar-refractivity contribution < 1.29 is 19.1 Å². The number of rotatable bonds is 9. The second kappa shape index (κ2) is 8.89. The van der Waals surface area contributed by atoms with Gasteiger partial charge in [0.05, 0.1) is 11.6 Å². The van der Waals surface area contributed by atoms with E-state index in [1.807, 2.05) is 6.07 Å². The van der Waals surface area contributed by atoms with Gasteiger partial charge in [-0.3, -0.25) is 19.1 Å². The van der Waals surface area contributed by atoms with Crippen LogP contribution in [0.5, 0.6) is 0 Å². The summed E-state index contributed by atoms with van der Waals surface area (Å²) >= 11 is 0. The van der Waals surface area contributed by atoms with Gasteiger partial charge in [0, 0.05) is 36.5 Å². The van der Waals surface area contributed by atoms with Gasteiger partial charge in [-0.15, -0.1) is 0 Å². The quantitative estimate of drug-likeness (QED) is 0.276. The highest BCUT2D eigenvalue weighted by Gasteiger charge is 2.26. The summed E-state index contributed by atoms with van der Waals surface area (Å²) in [6.45, 7) is 0. The first-order valence-electron chi connectivity index (χ1n) is 10.8. The van der Waals surface area contributed by atoms with Crippen LogP contribution in [0.3, 0.4) is 0 Å². The molecule has 1 aliphatic carbocycles. The Morgan fingerprint density at radius 2 is 2.12 bits per heavy atom. The van der Waals surface area contributed by atoms with Crippen molar-refractivity contribution in [2.24, 2.45) is 0 Å². The number of anilines is 2. The number of carbonyl (C=O) groups is 2. The molecule has 1 saturated carbocycles. The predicted octanol–water partition coefficient (Wildman–Crippen LogP) is 2.94. The lowest BCUT2D eigenvalue weighted by Crippen LogP contribution is -2.31. The Kier molecular flexibility index (Phi) is 5.62. The van der Waals surface area contributed by atoms with Crippen molar-refractivity contribution in [2.45, 2.75) is 37.6 Å². The number of hydrogen-bond acceptors (Lipinski definition) is 7. The Morgan fingerprint density at radius 1 is 1.26 bits per heavy atom. The molecule has 5 rings (SSSR count). The van der Waals surface area contributed by atoms with Crippen LogP contribution >= 0.6 is 0 Å². The van der Waals surface area contributed by atoms with Crippen molar-refractivity contribution in [1.29, 1.82) is 0 Å². The molecule has 0 aliphatic heterocycles. The van der Waals surface area contributed by atoms with Gasteiger partial charge in [-0.1, -0.05) is 0 Å². The van der Waals surface area contributed by atoms with Gasteiger partial charge in [-0.05, 0) is 43.5 Å². The molecule has 11 nitrogen and oxygen atoms in total. The summed E-state index contributed by atoms with van der Waals surface area (Å²) in [5.41, 5.74) is 1.75. The van der Waals surface area contributed by atoms with E-state index in [2.05, 4.69) is 35.8 Å². The van der Waals surface area contributed by atoms with Gasteiger partial charge < -0.3 is 15.7 Å². The van der Waals surface area contributed by atoms with Gasteiger partial charge in [0.15, 0.2) is 11.6 Å². The maximum absolute atomic E-state index is 13.1. The highest BCUT2D eigenvalue weighted by atomic mass is 19.1. The van der Waals surface area contributed by atoms with E-state index in [-0.39, 0.29) is 24.2 Å². The molecule has 4 N–H and O–H groups in total. The van der Waals surface area contributed by atoms with Crippen LogP contribution in [-0.4, -0.2) is 46.5 Å². The number of aliphatic carboxylic acids is 1. The van der Waals surface area contributed by atoms with Crippen LogP contribution in [0.4, 0.5) is 16.2 Å². The van der Waals surface area contributed by atoms with E-state index in [1.165, 1.54) is 6.07 Å². The fourth-order valence-electron chi connectivity index (χ4n) is 3.59.